The highest BCUT2D eigenvalue weighted by molar-refractivity contribution is 5.93. The number of nitrogens with zero attached hydrogens (tertiary/aromatic N) is 1. The van der Waals surface area contributed by atoms with E-state index in [1.54, 1.807) is 13.0 Å². The molecule has 1 aromatic rings. The minimum atomic E-state index is -0.514. The highest BCUT2D eigenvalue weighted by Crippen LogP contribution is 2.11. The number of aryl methyl sites for hydroxylation is 1. The largest absolute Gasteiger partial charge is 0.338 e. The molecule has 5 nitrogen and oxygen atoms in total. The maximum Gasteiger partial charge on any atom is 0.243 e. The van der Waals surface area contributed by atoms with Crippen LogP contribution in [-0.2, 0) is 4.79 Å². The molecule has 15 heavy (non-hydrogen) atoms. The van der Waals surface area contributed by atoms with Gasteiger partial charge in [-0.05, 0) is 12.8 Å². The van der Waals surface area contributed by atoms with Gasteiger partial charge in [0.1, 0.15) is 0 Å². The van der Waals surface area contributed by atoms with Crippen LogP contribution in [0.1, 0.15) is 26.0 Å². The molecule has 0 aromatic carbocycles. The summed E-state index contributed by atoms with van der Waals surface area (Å²) < 4.78 is 4.86. The van der Waals surface area contributed by atoms with Crippen LogP contribution in [0.3, 0.4) is 0 Å². The van der Waals surface area contributed by atoms with Crippen LogP contribution in [0.5, 0.6) is 0 Å². The third kappa shape index (κ3) is 3.06. The maximum absolute atomic E-state index is 11.6. The van der Waals surface area contributed by atoms with Gasteiger partial charge in [0.25, 0.3) is 0 Å². The van der Waals surface area contributed by atoms with Crippen LogP contribution >= 0.6 is 0 Å². The molecule has 0 fully saturated rings. The molecule has 1 rings (SSSR count). The molecular formula is C10H17N3O2. The summed E-state index contributed by atoms with van der Waals surface area (Å²) in [4.78, 5) is 11.6. The van der Waals surface area contributed by atoms with Crippen LogP contribution < -0.4 is 11.1 Å². The van der Waals surface area contributed by atoms with Crippen LogP contribution in [0, 0.1) is 12.8 Å². The summed E-state index contributed by atoms with van der Waals surface area (Å²) >= 11 is 0. The van der Waals surface area contributed by atoms with E-state index in [2.05, 4.69) is 10.5 Å². The molecule has 1 heterocycles. The maximum atomic E-state index is 11.6. The van der Waals surface area contributed by atoms with Gasteiger partial charge in [-0.25, -0.2) is 0 Å². The topological polar surface area (TPSA) is 81.2 Å². The monoisotopic (exact) mass is 211 g/mol. The van der Waals surface area contributed by atoms with Crippen LogP contribution in [-0.4, -0.2) is 17.1 Å². The van der Waals surface area contributed by atoms with E-state index in [0.717, 1.165) is 12.1 Å². The molecule has 0 radical (unpaired) electrons. The zero-order valence-electron chi connectivity index (χ0n) is 9.28. The van der Waals surface area contributed by atoms with E-state index in [4.69, 9.17) is 10.3 Å². The predicted molar refractivity (Wildman–Crippen MR) is 57.3 cm³/mol. The molecule has 1 aromatic heterocycles. The van der Waals surface area contributed by atoms with E-state index in [9.17, 15) is 4.79 Å². The van der Waals surface area contributed by atoms with Crippen molar-refractivity contribution < 1.29 is 9.32 Å². The molecule has 3 N–H and O–H groups in total. The average Bonchev–Trinajstić information content (AvgIpc) is 2.61. The van der Waals surface area contributed by atoms with Crippen molar-refractivity contribution in [3.05, 3.63) is 11.8 Å². The minimum Gasteiger partial charge on any atom is -0.338 e. The fraction of sp³-hybridized carbons (Fsp3) is 0.600. The molecule has 0 spiro atoms. The number of anilines is 1. The van der Waals surface area contributed by atoms with Gasteiger partial charge in [0.05, 0.1) is 11.7 Å². The van der Waals surface area contributed by atoms with Crippen molar-refractivity contribution in [3.63, 3.8) is 0 Å². The number of carbonyl (C=O) groups excluding carboxylic acids is 1. The Balaban J connectivity index is 2.55. The fourth-order valence-corrected chi connectivity index (χ4v) is 1.14. The van der Waals surface area contributed by atoms with E-state index < -0.39 is 6.04 Å². The summed E-state index contributed by atoms with van der Waals surface area (Å²) in [5.41, 5.74) is 6.48. The summed E-state index contributed by atoms with van der Waals surface area (Å²) in [7, 11) is 0. The van der Waals surface area contributed by atoms with Gasteiger partial charge in [0.15, 0.2) is 0 Å². The quantitative estimate of drug-likeness (QED) is 0.786. The number of nitrogens with one attached hydrogen (secondary N) is 1. The van der Waals surface area contributed by atoms with Crippen LogP contribution in [0.4, 0.5) is 5.88 Å². The van der Waals surface area contributed by atoms with Crippen molar-refractivity contribution in [2.45, 2.75) is 33.2 Å². The summed E-state index contributed by atoms with van der Waals surface area (Å²) in [6.45, 7) is 5.72. The number of aromatic nitrogens is 1. The number of hydrogen-bond acceptors (Lipinski definition) is 4. The Bertz CT molecular complexity index is 335. The number of hydrogen-bond donors (Lipinski definition) is 2. The molecule has 0 aliphatic heterocycles. The Morgan fingerprint density at radius 2 is 2.40 bits per heavy atom. The van der Waals surface area contributed by atoms with Crippen molar-refractivity contribution in [2.75, 3.05) is 5.32 Å². The average molecular weight is 211 g/mol. The van der Waals surface area contributed by atoms with E-state index in [1.165, 1.54) is 0 Å². The van der Waals surface area contributed by atoms with Gasteiger partial charge in [-0.1, -0.05) is 25.4 Å². The van der Waals surface area contributed by atoms with Crippen molar-refractivity contribution in [2.24, 2.45) is 11.7 Å². The molecule has 2 unspecified atom stereocenters. The molecule has 0 aliphatic rings. The first kappa shape index (κ1) is 11.7. The molecule has 2 atom stereocenters. The van der Waals surface area contributed by atoms with Gasteiger partial charge in [0, 0.05) is 6.07 Å². The second-order valence-corrected chi connectivity index (χ2v) is 3.73. The first-order valence-electron chi connectivity index (χ1n) is 5.04. The first-order valence-corrected chi connectivity index (χ1v) is 5.04. The van der Waals surface area contributed by atoms with Gasteiger partial charge < -0.3 is 10.3 Å². The third-order valence-electron chi connectivity index (χ3n) is 2.43. The smallest absolute Gasteiger partial charge is 0.243 e. The lowest BCUT2D eigenvalue weighted by molar-refractivity contribution is -0.118. The van der Waals surface area contributed by atoms with Crippen LogP contribution in [0.2, 0.25) is 0 Å². The second kappa shape index (κ2) is 4.93. The highest BCUT2D eigenvalue weighted by atomic mass is 16.5. The Kier molecular flexibility index (Phi) is 3.85. The predicted octanol–water partition coefficient (Wildman–Crippen LogP) is 1.29. The van der Waals surface area contributed by atoms with Gasteiger partial charge in [-0.2, -0.15) is 0 Å². The van der Waals surface area contributed by atoms with Crippen molar-refractivity contribution >= 4 is 11.8 Å². The number of amides is 1. The van der Waals surface area contributed by atoms with E-state index in [0.29, 0.717) is 5.88 Å². The van der Waals surface area contributed by atoms with Gasteiger partial charge in [0.2, 0.25) is 11.8 Å². The lowest BCUT2D eigenvalue weighted by Crippen LogP contribution is -2.40. The zero-order valence-corrected chi connectivity index (χ0v) is 9.28. The van der Waals surface area contributed by atoms with Crippen molar-refractivity contribution in [1.82, 2.24) is 5.16 Å². The summed E-state index contributed by atoms with van der Waals surface area (Å²) in [6.07, 6.45) is 0.865. The molecular weight excluding hydrogens is 194 g/mol. The molecule has 84 valence electrons. The summed E-state index contributed by atoms with van der Waals surface area (Å²) in [6, 6.07) is 1.14. The summed E-state index contributed by atoms with van der Waals surface area (Å²) in [5, 5.41) is 6.25. The molecule has 5 heteroatoms. The lowest BCUT2D eigenvalue weighted by atomic mass is 9.99. The fourth-order valence-electron chi connectivity index (χ4n) is 1.14. The zero-order chi connectivity index (χ0) is 11.4. The Hall–Kier alpha value is -1.36. The highest BCUT2D eigenvalue weighted by Gasteiger charge is 2.20. The number of nitrogens with two attached hydrogens (primary N) is 1. The second-order valence-electron chi connectivity index (χ2n) is 3.73. The first-order chi connectivity index (χ1) is 7.04. The van der Waals surface area contributed by atoms with Crippen molar-refractivity contribution in [3.8, 4) is 0 Å². The van der Waals surface area contributed by atoms with Crippen LogP contribution in [0.15, 0.2) is 10.6 Å². The standard InChI is InChI=1S/C10H17N3O2/c1-4-6(2)9(11)10(14)12-8-5-7(3)13-15-8/h5-6,9H,4,11H2,1-3H3,(H,12,14). The number of carbonyl (C=O) groups is 1. The minimum absolute atomic E-state index is 0.147. The number of rotatable bonds is 4. The Labute approximate surface area is 89.0 Å². The normalized spacial score (nSPS) is 14.7. The third-order valence-corrected chi connectivity index (χ3v) is 2.43. The Morgan fingerprint density at radius 1 is 1.73 bits per heavy atom. The summed E-state index contributed by atoms with van der Waals surface area (Å²) in [5.74, 6) is 0.255. The SMILES string of the molecule is CCC(C)C(N)C(=O)Nc1cc(C)no1. The van der Waals surface area contributed by atoms with Gasteiger partial charge in [-0.3, -0.25) is 10.1 Å². The lowest BCUT2D eigenvalue weighted by Gasteiger charge is -2.16. The van der Waals surface area contributed by atoms with E-state index in [-0.39, 0.29) is 11.8 Å². The Morgan fingerprint density at radius 3 is 2.87 bits per heavy atom. The van der Waals surface area contributed by atoms with E-state index >= 15 is 0 Å². The van der Waals surface area contributed by atoms with E-state index in [1.807, 2.05) is 13.8 Å². The molecule has 1 amide bonds. The molecule has 0 bridgehead atoms. The molecule has 0 aliphatic carbocycles. The molecule has 0 saturated carbocycles. The van der Waals surface area contributed by atoms with Crippen molar-refractivity contribution in [1.29, 1.82) is 0 Å². The molecule has 0 saturated heterocycles. The van der Waals surface area contributed by atoms with Crippen LogP contribution in [0.25, 0.3) is 0 Å². The van der Waals surface area contributed by atoms with Gasteiger partial charge in [-0.15, -0.1) is 0 Å². The van der Waals surface area contributed by atoms with Gasteiger partial charge >= 0.3 is 0 Å².